The maximum absolute atomic E-state index is 10.2. The number of aliphatic hydroxyl groups is 1. The lowest BCUT2D eigenvalue weighted by Crippen LogP contribution is -2.21. The highest BCUT2D eigenvalue weighted by atomic mass is 32.1. The van der Waals surface area contributed by atoms with Gasteiger partial charge in [-0.25, -0.2) is 0 Å². The predicted molar refractivity (Wildman–Crippen MR) is 189 cm³/mol. The number of hydrogen-bond acceptors (Lipinski definition) is 7. The number of nitrogens with zero attached hydrogens (tertiary/aromatic N) is 4. The van der Waals surface area contributed by atoms with Crippen LogP contribution in [0.25, 0.3) is 18.2 Å². The van der Waals surface area contributed by atoms with Crippen LogP contribution in [0.3, 0.4) is 0 Å². The average Bonchev–Trinajstić information content (AvgIpc) is 3.68. The Morgan fingerprint density at radius 1 is 0.894 bits per heavy atom. The van der Waals surface area contributed by atoms with Crippen molar-refractivity contribution in [2.24, 2.45) is 0 Å². The van der Waals surface area contributed by atoms with Gasteiger partial charge in [-0.3, -0.25) is 0 Å². The Labute approximate surface area is 280 Å². The van der Waals surface area contributed by atoms with E-state index in [1.54, 1.807) is 11.3 Å². The van der Waals surface area contributed by atoms with Gasteiger partial charge < -0.3 is 14.7 Å². The normalized spacial score (nSPS) is 15.9. The highest BCUT2D eigenvalue weighted by molar-refractivity contribution is 7.13. The molecule has 1 N–H and O–H groups in total. The van der Waals surface area contributed by atoms with Gasteiger partial charge in [0.05, 0.1) is 18.2 Å². The fourth-order valence-corrected chi connectivity index (χ4v) is 6.55. The molecule has 4 aromatic rings. The molecule has 0 aliphatic heterocycles. The molecule has 232 valence electrons. The Hall–Kier alpha value is -5.65. The predicted octanol–water partition coefficient (Wildman–Crippen LogP) is 8.46. The molecule has 1 aromatic heterocycles. The molecular weight excluding hydrogens is 601 g/mol. The van der Waals surface area contributed by atoms with E-state index < -0.39 is 5.41 Å². The number of likely N-dealkylation sites (N-methyl/N-ethyl adjacent to an activating group) is 1. The van der Waals surface area contributed by atoms with Crippen molar-refractivity contribution in [3.8, 4) is 24.0 Å². The molecule has 0 radical (unpaired) electrons. The lowest BCUT2D eigenvalue weighted by atomic mass is 9.76. The van der Waals surface area contributed by atoms with Crippen molar-refractivity contribution in [2.45, 2.75) is 25.4 Å². The van der Waals surface area contributed by atoms with Crippen molar-refractivity contribution in [3.05, 3.63) is 146 Å². The minimum atomic E-state index is -0.565. The number of ether oxygens (including phenoxy) is 1. The first kappa shape index (κ1) is 32.7. The number of aliphatic hydroxyl groups excluding tert-OH is 1. The second kappa shape index (κ2) is 15.1. The van der Waals surface area contributed by atoms with Crippen molar-refractivity contribution < 1.29 is 9.84 Å². The highest BCUT2D eigenvalue weighted by Crippen LogP contribution is 2.49. The Morgan fingerprint density at radius 2 is 1.55 bits per heavy atom. The van der Waals surface area contributed by atoms with Crippen LogP contribution in [-0.4, -0.2) is 25.3 Å². The molecule has 0 fully saturated rings. The van der Waals surface area contributed by atoms with Gasteiger partial charge in [0.15, 0.2) is 0 Å². The summed E-state index contributed by atoms with van der Waals surface area (Å²) in [5.41, 5.74) is 5.08. The second-order valence-electron chi connectivity index (χ2n) is 11.4. The van der Waals surface area contributed by atoms with Crippen LogP contribution < -0.4 is 9.64 Å². The van der Waals surface area contributed by atoms with Crippen LogP contribution >= 0.6 is 11.3 Å². The number of benzene rings is 3. The number of rotatable bonds is 11. The van der Waals surface area contributed by atoms with Gasteiger partial charge in [0.25, 0.3) is 0 Å². The van der Waals surface area contributed by atoms with Gasteiger partial charge in [0, 0.05) is 46.1 Å². The van der Waals surface area contributed by atoms with E-state index in [-0.39, 0.29) is 12.2 Å². The van der Waals surface area contributed by atoms with E-state index in [1.807, 2.05) is 133 Å². The Balaban J connectivity index is 1.43. The molecule has 1 atom stereocenters. The molecule has 6 nitrogen and oxygen atoms in total. The monoisotopic (exact) mass is 634 g/mol. The lowest BCUT2D eigenvalue weighted by Gasteiger charge is -2.27. The molecule has 0 saturated carbocycles. The van der Waals surface area contributed by atoms with Crippen molar-refractivity contribution in [3.63, 3.8) is 0 Å². The lowest BCUT2D eigenvalue weighted by molar-refractivity contribution is 0.302. The SMILES string of the molecule is CN(CCO)c1ccc(/C=C/c2ccc(/C=C/C3=C(C#N)C(=C(C#N)C#N)CC3(C)c3ccccc3)s2)c(OCc2ccccc2)c1. The molecule has 1 aliphatic carbocycles. The van der Waals surface area contributed by atoms with E-state index in [0.29, 0.717) is 30.7 Å². The van der Waals surface area contributed by atoms with Crippen molar-refractivity contribution >= 4 is 35.3 Å². The first-order chi connectivity index (χ1) is 22.9. The first-order valence-electron chi connectivity index (χ1n) is 15.2. The minimum absolute atomic E-state index is 0.0177. The van der Waals surface area contributed by atoms with Crippen LogP contribution in [0.1, 0.15) is 39.8 Å². The zero-order valence-corrected chi connectivity index (χ0v) is 27.2. The number of nitriles is 3. The van der Waals surface area contributed by atoms with Gasteiger partial charge in [0.2, 0.25) is 0 Å². The molecular formula is C40H34N4O2S. The summed E-state index contributed by atoms with van der Waals surface area (Å²) in [5.74, 6) is 0.749. The summed E-state index contributed by atoms with van der Waals surface area (Å²) in [5, 5.41) is 38.8. The molecule has 3 aromatic carbocycles. The summed E-state index contributed by atoms with van der Waals surface area (Å²) >= 11 is 1.61. The van der Waals surface area contributed by atoms with E-state index in [0.717, 1.165) is 43.5 Å². The van der Waals surface area contributed by atoms with Crippen LogP contribution in [0.2, 0.25) is 0 Å². The minimum Gasteiger partial charge on any atom is -0.488 e. The third kappa shape index (κ3) is 7.43. The van der Waals surface area contributed by atoms with Crippen LogP contribution in [0.15, 0.2) is 119 Å². The Kier molecular flexibility index (Phi) is 10.5. The van der Waals surface area contributed by atoms with Crippen molar-refractivity contribution in [1.29, 1.82) is 15.8 Å². The van der Waals surface area contributed by atoms with Gasteiger partial charge in [-0.15, -0.1) is 11.3 Å². The topological polar surface area (TPSA) is 104 Å². The first-order valence-corrected chi connectivity index (χ1v) is 16.0. The quantitative estimate of drug-likeness (QED) is 0.166. The standard InChI is InChI=1S/C40H34N4O2S/c1-40(32-11-7-4-8-12-32)24-36(31(25-41)26-42)37(27-43)38(40)20-19-35-18-17-34(47-35)16-14-30-13-15-33(44(2)21-22-45)23-39(30)46-28-29-9-5-3-6-10-29/h3-20,23,45H,21-22,24,28H2,1-2H3/b16-14+,20-19+. The maximum atomic E-state index is 10.2. The fourth-order valence-electron chi connectivity index (χ4n) is 5.73. The third-order valence-corrected chi connectivity index (χ3v) is 9.36. The fraction of sp³-hybridized carbons (Fsp3) is 0.175. The van der Waals surface area contributed by atoms with E-state index >= 15 is 0 Å². The Morgan fingerprint density at radius 3 is 2.19 bits per heavy atom. The molecule has 7 heteroatoms. The molecule has 1 unspecified atom stereocenters. The summed E-state index contributed by atoms with van der Waals surface area (Å²) in [6.45, 7) is 3.08. The maximum Gasteiger partial charge on any atom is 0.134 e. The van der Waals surface area contributed by atoms with Crippen LogP contribution in [-0.2, 0) is 12.0 Å². The van der Waals surface area contributed by atoms with Gasteiger partial charge in [-0.05, 0) is 71.2 Å². The molecule has 1 aliphatic rings. The molecule has 1 heterocycles. The summed E-state index contributed by atoms with van der Waals surface area (Å²) in [6, 6.07) is 36.3. The van der Waals surface area contributed by atoms with E-state index in [9.17, 15) is 20.9 Å². The van der Waals surface area contributed by atoms with Gasteiger partial charge in [-0.1, -0.05) is 73.7 Å². The van der Waals surface area contributed by atoms with Crippen molar-refractivity contribution in [1.82, 2.24) is 0 Å². The molecule has 0 spiro atoms. The van der Waals surface area contributed by atoms with Crippen LogP contribution in [0.5, 0.6) is 5.75 Å². The van der Waals surface area contributed by atoms with Crippen LogP contribution in [0.4, 0.5) is 5.69 Å². The zero-order chi connectivity index (χ0) is 33.2. The molecule has 0 amide bonds. The largest absolute Gasteiger partial charge is 0.488 e. The molecule has 0 bridgehead atoms. The van der Waals surface area contributed by atoms with E-state index in [2.05, 4.69) is 19.1 Å². The van der Waals surface area contributed by atoms with Crippen LogP contribution in [0, 0.1) is 34.0 Å². The second-order valence-corrected chi connectivity index (χ2v) is 12.5. The number of anilines is 1. The van der Waals surface area contributed by atoms with E-state index in [1.165, 1.54) is 0 Å². The summed E-state index contributed by atoms with van der Waals surface area (Å²) < 4.78 is 6.28. The third-order valence-electron chi connectivity index (χ3n) is 8.34. The summed E-state index contributed by atoms with van der Waals surface area (Å²) in [6.07, 6.45) is 8.45. The molecule has 0 saturated heterocycles. The van der Waals surface area contributed by atoms with Crippen molar-refractivity contribution in [2.75, 3.05) is 25.1 Å². The summed E-state index contributed by atoms with van der Waals surface area (Å²) in [4.78, 5) is 4.04. The molecule has 5 rings (SSSR count). The average molecular weight is 635 g/mol. The summed E-state index contributed by atoms with van der Waals surface area (Å²) in [7, 11) is 1.94. The zero-order valence-electron chi connectivity index (χ0n) is 26.4. The van der Waals surface area contributed by atoms with Gasteiger partial charge in [0.1, 0.15) is 30.1 Å². The smallest absolute Gasteiger partial charge is 0.134 e. The van der Waals surface area contributed by atoms with Gasteiger partial charge in [-0.2, -0.15) is 15.8 Å². The number of thiophene rings is 1. The van der Waals surface area contributed by atoms with Gasteiger partial charge >= 0.3 is 0 Å². The molecule has 47 heavy (non-hydrogen) atoms. The Bertz CT molecular complexity index is 1970. The number of allylic oxidation sites excluding steroid dienone is 5. The number of hydrogen-bond donors (Lipinski definition) is 1. The van der Waals surface area contributed by atoms with E-state index in [4.69, 9.17) is 4.74 Å². The highest BCUT2D eigenvalue weighted by Gasteiger charge is 2.41.